The van der Waals surface area contributed by atoms with Gasteiger partial charge in [-0.05, 0) is 70.4 Å². The van der Waals surface area contributed by atoms with Crippen LogP contribution < -0.4 is 20.3 Å². The lowest BCUT2D eigenvalue weighted by molar-refractivity contribution is -0.134. The molecule has 1 atom stereocenters. The summed E-state index contributed by atoms with van der Waals surface area (Å²) in [6.45, 7) is 8.97. The first-order valence-corrected chi connectivity index (χ1v) is 18.4. The molecule has 13 nitrogen and oxygen atoms in total. The molecule has 2 N–H and O–H groups in total. The zero-order chi connectivity index (χ0) is 36.7. The van der Waals surface area contributed by atoms with Crippen molar-refractivity contribution < 1.29 is 23.9 Å². The lowest BCUT2D eigenvalue weighted by Gasteiger charge is -2.32. The smallest absolute Gasteiger partial charge is 0.328 e. The Morgan fingerprint density at radius 3 is 2.48 bits per heavy atom. The number of thiophene rings is 1. The minimum atomic E-state index is -0.571. The first-order valence-electron chi connectivity index (χ1n) is 17.3. The van der Waals surface area contributed by atoms with E-state index in [1.807, 2.05) is 42.7 Å². The van der Waals surface area contributed by atoms with Gasteiger partial charge in [-0.2, -0.15) is 0 Å². The van der Waals surface area contributed by atoms with Gasteiger partial charge in [-0.3, -0.25) is 34.2 Å². The normalized spacial score (nSPS) is 17.6. The Morgan fingerprint density at radius 2 is 1.75 bits per heavy atom. The SMILES string of the molecule is Cc1sc2c(c1C)C(c1ccc(Cl)cc1)=NC(CC(=O)NC1CCN(C(=O)COc3cccc(N4CCC(=O)NC4=O)c3C)CC1)c1nnc(C)n1-2. The van der Waals surface area contributed by atoms with E-state index in [0.717, 1.165) is 33.2 Å². The molecule has 2 saturated heterocycles. The number of likely N-dealkylation sites (tertiary alicyclic amines) is 1. The number of fused-ring (bicyclic) bond motifs is 3. The number of aryl methyl sites for hydroxylation is 2. The number of urea groups is 1. The van der Waals surface area contributed by atoms with Gasteiger partial charge in [0.1, 0.15) is 22.6 Å². The minimum Gasteiger partial charge on any atom is -0.483 e. The van der Waals surface area contributed by atoms with E-state index >= 15 is 0 Å². The summed E-state index contributed by atoms with van der Waals surface area (Å²) in [6.07, 6.45) is 1.50. The van der Waals surface area contributed by atoms with Gasteiger partial charge in [-0.1, -0.05) is 29.8 Å². The number of rotatable bonds is 8. The van der Waals surface area contributed by atoms with Gasteiger partial charge >= 0.3 is 6.03 Å². The number of hydrogen-bond donors (Lipinski definition) is 2. The van der Waals surface area contributed by atoms with Crippen molar-refractivity contribution in [2.24, 2.45) is 4.99 Å². The van der Waals surface area contributed by atoms with Crippen molar-refractivity contribution in [3.05, 3.63) is 86.3 Å². The van der Waals surface area contributed by atoms with E-state index < -0.39 is 12.1 Å². The molecule has 3 aliphatic rings. The molecule has 0 radical (unpaired) electrons. The van der Waals surface area contributed by atoms with Crippen molar-refractivity contribution in [1.82, 2.24) is 30.3 Å². The number of nitrogens with zero attached hydrogens (tertiary/aromatic N) is 6. The number of benzene rings is 2. The van der Waals surface area contributed by atoms with Crippen LogP contribution in [0.2, 0.25) is 5.02 Å². The molecule has 0 spiro atoms. The van der Waals surface area contributed by atoms with Crippen molar-refractivity contribution in [3.8, 4) is 10.8 Å². The maximum atomic E-state index is 13.6. The molecule has 2 aromatic heterocycles. The van der Waals surface area contributed by atoms with Crippen LogP contribution in [-0.4, -0.2) is 81.4 Å². The monoisotopic (exact) mass is 742 g/mol. The van der Waals surface area contributed by atoms with Crippen LogP contribution in [0.25, 0.3) is 5.00 Å². The summed E-state index contributed by atoms with van der Waals surface area (Å²) in [4.78, 5) is 60.3. The summed E-state index contributed by atoms with van der Waals surface area (Å²) in [5.74, 6) is 1.22. The largest absolute Gasteiger partial charge is 0.483 e. The van der Waals surface area contributed by atoms with Crippen molar-refractivity contribution in [3.63, 3.8) is 0 Å². The number of aliphatic imine (C=N–C) groups is 1. The maximum absolute atomic E-state index is 13.6. The van der Waals surface area contributed by atoms with Crippen LogP contribution >= 0.6 is 22.9 Å². The number of carbonyl (C=O) groups excluding carboxylic acids is 4. The molecule has 52 heavy (non-hydrogen) atoms. The molecule has 0 saturated carbocycles. The number of imide groups is 1. The van der Waals surface area contributed by atoms with Crippen molar-refractivity contribution in [1.29, 1.82) is 0 Å². The molecule has 1 unspecified atom stereocenters. The van der Waals surface area contributed by atoms with Crippen molar-refractivity contribution >= 4 is 58.1 Å². The number of ether oxygens (including phenoxy) is 1. The fourth-order valence-electron chi connectivity index (χ4n) is 6.94. The van der Waals surface area contributed by atoms with Gasteiger partial charge in [0, 0.05) is 58.7 Å². The number of halogens is 1. The molecule has 4 aromatic rings. The van der Waals surface area contributed by atoms with Crippen molar-refractivity contribution in [2.75, 3.05) is 31.1 Å². The number of nitrogens with one attached hydrogen (secondary N) is 2. The summed E-state index contributed by atoms with van der Waals surface area (Å²) in [5, 5.41) is 16.0. The highest BCUT2D eigenvalue weighted by Crippen LogP contribution is 2.39. The number of amides is 5. The third-order valence-electron chi connectivity index (χ3n) is 9.90. The summed E-state index contributed by atoms with van der Waals surface area (Å²) in [5.41, 5.74) is 5.16. The van der Waals surface area contributed by atoms with E-state index in [1.54, 1.807) is 34.4 Å². The molecule has 270 valence electrons. The lowest BCUT2D eigenvalue weighted by Crippen LogP contribution is -2.49. The molecule has 5 amide bonds. The third-order valence-corrected chi connectivity index (χ3v) is 11.3. The zero-order valence-electron chi connectivity index (χ0n) is 29.4. The Morgan fingerprint density at radius 1 is 1.00 bits per heavy atom. The average molecular weight is 743 g/mol. The highest BCUT2D eigenvalue weighted by molar-refractivity contribution is 7.15. The first kappa shape index (κ1) is 35.3. The second-order valence-corrected chi connectivity index (χ2v) is 14.9. The molecule has 2 fully saturated rings. The Kier molecular flexibility index (Phi) is 9.86. The average Bonchev–Trinajstić information content (AvgIpc) is 3.60. The van der Waals surface area contributed by atoms with Crippen LogP contribution in [0.1, 0.15) is 70.5 Å². The topological polar surface area (TPSA) is 151 Å². The molecule has 3 aliphatic heterocycles. The Bertz CT molecular complexity index is 2100. The van der Waals surface area contributed by atoms with Gasteiger partial charge in [-0.15, -0.1) is 21.5 Å². The Hall–Kier alpha value is -5.08. The number of anilines is 1. The third kappa shape index (κ3) is 6.92. The summed E-state index contributed by atoms with van der Waals surface area (Å²) in [6, 6.07) is 11.7. The van der Waals surface area contributed by atoms with Crippen LogP contribution in [0, 0.1) is 27.7 Å². The van der Waals surface area contributed by atoms with E-state index in [0.29, 0.717) is 53.8 Å². The van der Waals surface area contributed by atoms with Gasteiger partial charge < -0.3 is 15.0 Å². The molecule has 2 aromatic carbocycles. The molecule has 0 bridgehead atoms. The second kappa shape index (κ2) is 14.5. The highest BCUT2D eigenvalue weighted by Gasteiger charge is 2.33. The molecule has 7 rings (SSSR count). The lowest BCUT2D eigenvalue weighted by atomic mass is 9.99. The van der Waals surface area contributed by atoms with E-state index in [4.69, 9.17) is 21.3 Å². The van der Waals surface area contributed by atoms with Crippen LogP contribution in [0.3, 0.4) is 0 Å². The van der Waals surface area contributed by atoms with Gasteiger partial charge in [0.15, 0.2) is 12.4 Å². The first-order chi connectivity index (χ1) is 25.0. The molecule has 5 heterocycles. The molecule has 15 heteroatoms. The number of hydrogen-bond acceptors (Lipinski definition) is 9. The van der Waals surface area contributed by atoms with Gasteiger partial charge in [0.2, 0.25) is 11.8 Å². The van der Waals surface area contributed by atoms with E-state index in [2.05, 4.69) is 34.7 Å². The van der Waals surface area contributed by atoms with Crippen LogP contribution in [0.15, 0.2) is 47.5 Å². The quantitative estimate of drug-likeness (QED) is 0.254. The molecular formula is C37H39ClN8O5S. The summed E-state index contributed by atoms with van der Waals surface area (Å²) < 4.78 is 7.95. The predicted octanol–water partition coefficient (Wildman–Crippen LogP) is 5.13. The standard InChI is InChI=1S/C37H39ClN8O5S/c1-20-22(3)52-36-33(20)34(24-8-10-25(38)11-9-24)40-27(35-43-42-23(4)46(35)36)18-31(48)39-26-12-15-44(16-13-26)32(49)19-51-29-7-5-6-28(21(29)2)45-17-14-30(47)41-37(45)50/h5-11,26-27H,12-19H2,1-4H3,(H,39,48)(H,41,47,50). The van der Waals surface area contributed by atoms with Crippen LogP contribution in [0.4, 0.5) is 10.5 Å². The van der Waals surface area contributed by atoms with E-state index in [1.165, 1.54) is 9.78 Å². The highest BCUT2D eigenvalue weighted by atomic mass is 35.5. The van der Waals surface area contributed by atoms with Gasteiger partial charge in [0.25, 0.3) is 5.91 Å². The molecular weight excluding hydrogens is 704 g/mol. The Labute approximate surface area is 310 Å². The number of carbonyl (C=O) groups is 4. The van der Waals surface area contributed by atoms with Crippen molar-refractivity contribution in [2.45, 2.75) is 65.5 Å². The van der Waals surface area contributed by atoms with Gasteiger partial charge in [-0.25, -0.2) is 4.79 Å². The van der Waals surface area contributed by atoms with Gasteiger partial charge in [0.05, 0.1) is 17.8 Å². The molecule has 0 aliphatic carbocycles. The number of piperidine rings is 1. The van der Waals surface area contributed by atoms with Crippen LogP contribution in [0.5, 0.6) is 5.75 Å². The Balaban J connectivity index is 0.985. The zero-order valence-corrected chi connectivity index (χ0v) is 30.9. The number of aromatic nitrogens is 3. The summed E-state index contributed by atoms with van der Waals surface area (Å²) >= 11 is 7.90. The second-order valence-electron chi connectivity index (χ2n) is 13.3. The van der Waals surface area contributed by atoms with Crippen LogP contribution in [-0.2, 0) is 14.4 Å². The van der Waals surface area contributed by atoms with E-state index in [-0.39, 0.29) is 49.8 Å². The van der Waals surface area contributed by atoms with E-state index in [9.17, 15) is 19.2 Å². The fraction of sp³-hybridized carbons (Fsp3) is 0.378. The minimum absolute atomic E-state index is 0.0863. The maximum Gasteiger partial charge on any atom is 0.328 e. The summed E-state index contributed by atoms with van der Waals surface area (Å²) in [7, 11) is 0. The predicted molar refractivity (Wildman–Crippen MR) is 198 cm³/mol. The fourth-order valence-corrected chi connectivity index (χ4v) is 8.28.